The maximum absolute atomic E-state index is 12.5. The van der Waals surface area contributed by atoms with Crippen molar-refractivity contribution in [2.75, 3.05) is 13.1 Å². The first-order chi connectivity index (χ1) is 12.2. The molecule has 0 radical (unpaired) electrons. The molecule has 6 nitrogen and oxygen atoms in total. The van der Waals surface area contributed by atoms with Gasteiger partial charge in [-0.3, -0.25) is 4.57 Å². The Hall–Kier alpha value is -2.24. The molecule has 142 valence electrons. The lowest BCUT2D eigenvalue weighted by atomic mass is 10.0. The summed E-state index contributed by atoms with van der Waals surface area (Å²) in [6, 6.07) is 6.26. The Balaban J connectivity index is 1.79. The molecule has 1 fully saturated rings. The first-order valence-corrected chi connectivity index (χ1v) is 9.38. The van der Waals surface area contributed by atoms with Crippen LogP contribution in [0.2, 0.25) is 0 Å². The molecule has 2 aromatic rings. The number of amides is 1. The summed E-state index contributed by atoms with van der Waals surface area (Å²) in [5.74, 6) is 0.409. The predicted molar refractivity (Wildman–Crippen MR) is 103 cm³/mol. The lowest BCUT2D eigenvalue weighted by Crippen LogP contribution is -2.43. The van der Waals surface area contributed by atoms with E-state index in [9.17, 15) is 9.59 Å². The van der Waals surface area contributed by atoms with Crippen molar-refractivity contribution in [3.8, 4) is 0 Å². The first-order valence-electron chi connectivity index (χ1n) is 9.38. The fourth-order valence-corrected chi connectivity index (χ4v) is 3.49. The molecule has 0 aliphatic carbocycles. The number of fused-ring (bicyclic) bond motifs is 1. The number of nitrogens with zero attached hydrogens (tertiary/aromatic N) is 2. The van der Waals surface area contributed by atoms with Gasteiger partial charge in [0.15, 0.2) is 0 Å². The van der Waals surface area contributed by atoms with Crippen LogP contribution >= 0.6 is 0 Å². The summed E-state index contributed by atoms with van der Waals surface area (Å²) in [6.07, 6.45) is 1.22. The van der Waals surface area contributed by atoms with Crippen molar-refractivity contribution in [2.45, 2.75) is 65.0 Å². The molecule has 0 saturated carbocycles. The molecule has 2 heterocycles. The molecule has 1 aliphatic rings. The lowest BCUT2D eigenvalue weighted by molar-refractivity contribution is 0.0189. The molecule has 1 aliphatic heterocycles. The van der Waals surface area contributed by atoms with E-state index >= 15 is 0 Å². The van der Waals surface area contributed by atoms with Gasteiger partial charge in [-0.1, -0.05) is 19.9 Å². The van der Waals surface area contributed by atoms with Gasteiger partial charge in [0.1, 0.15) is 5.60 Å². The topological polar surface area (TPSA) is 67.3 Å². The standard InChI is InChI=1S/C20H29N3O3/c1-13(2)14-6-7-16-17(12-14)23(18(24)21-16)15-8-10-22(11-9-15)19(25)26-20(3,4)5/h6-7,12-13,15H,8-11H2,1-5H3,(H,21,24). The Kier molecular flexibility index (Phi) is 4.86. The van der Waals surface area contributed by atoms with E-state index in [4.69, 9.17) is 4.74 Å². The molecule has 3 rings (SSSR count). The second kappa shape index (κ2) is 6.82. The van der Waals surface area contributed by atoms with Crippen molar-refractivity contribution >= 4 is 17.1 Å². The number of rotatable bonds is 2. The van der Waals surface area contributed by atoms with Crippen LogP contribution in [0.1, 0.15) is 65.0 Å². The number of carbonyl (C=O) groups is 1. The van der Waals surface area contributed by atoms with E-state index in [-0.39, 0.29) is 17.8 Å². The minimum atomic E-state index is -0.491. The number of hydrogen-bond acceptors (Lipinski definition) is 3. The zero-order valence-corrected chi connectivity index (χ0v) is 16.3. The van der Waals surface area contributed by atoms with E-state index in [0.29, 0.717) is 19.0 Å². The van der Waals surface area contributed by atoms with Gasteiger partial charge in [0.05, 0.1) is 11.0 Å². The molecule has 1 saturated heterocycles. The molecule has 6 heteroatoms. The normalized spacial score (nSPS) is 16.5. The van der Waals surface area contributed by atoms with Gasteiger partial charge in [0, 0.05) is 19.1 Å². The third kappa shape index (κ3) is 3.79. The number of piperidine rings is 1. The molecule has 0 atom stereocenters. The number of aromatic nitrogens is 2. The highest BCUT2D eigenvalue weighted by Crippen LogP contribution is 2.27. The number of nitrogens with one attached hydrogen (secondary N) is 1. The van der Waals surface area contributed by atoms with Crippen molar-refractivity contribution < 1.29 is 9.53 Å². The van der Waals surface area contributed by atoms with Crippen LogP contribution in [0.25, 0.3) is 11.0 Å². The third-order valence-corrected chi connectivity index (χ3v) is 4.89. The highest BCUT2D eigenvalue weighted by atomic mass is 16.6. The minimum absolute atomic E-state index is 0.0726. The van der Waals surface area contributed by atoms with Gasteiger partial charge in [0.25, 0.3) is 0 Å². The molecule has 1 N–H and O–H groups in total. The summed E-state index contributed by atoms with van der Waals surface area (Å²) >= 11 is 0. The summed E-state index contributed by atoms with van der Waals surface area (Å²) in [7, 11) is 0. The Labute approximate surface area is 154 Å². The Morgan fingerprint density at radius 1 is 1.23 bits per heavy atom. The predicted octanol–water partition coefficient (Wildman–Crippen LogP) is 4.03. The second-order valence-corrected chi connectivity index (χ2v) is 8.43. The smallest absolute Gasteiger partial charge is 0.410 e. The second-order valence-electron chi connectivity index (χ2n) is 8.43. The fourth-order valence-electron chi connectivity index (χ4n) is 3.49. The summed E-state index contributed by atoms with van der Waals surface area (Å²) in [5.41, 5.74) is 2.48. The molecule has 1 aromatic heterocycles. The van der Waals surface area contributed by atoms with Crippen LogP contribution in [-0.4, -0.2) is 39.2 Å². The van der Waals surface area contributed by atoms with Gasteiger partial charge in [-0.25, -0.2) is 9.59 Å². The number of benzene rings is 1. The van der Waals surface area contributed by atoms with E-state index in [2.05, 4.69) is 31.0 Å². The third-order valence-electron chi connectivity index (χ3n) is 4.89. The van der Waals surface area contributed by atoms with E-state index < -0.39 is 5.60 Å². The number of carbonyl (C=O) groups excluding carboxylic acids is 1. The van der Waals surface area contributed by atoms with Crippen molar-refractivity contribution in [3.63, 3.8) is 0 Å². The Morgan fingerprint density at radius 3 is 2.46 bits per heavy atom. The molecular formula is C20H29N3O3. The summed E-state index contributed by atoms with van der Waals surface area (Å²) in [4.78, 5) is 29.5. The van der Waals surface area contributed by atoms with E-state index in [0.717, 1.165) is 23.9 Å². The van der Waals surface area contributed by atoms with Gasteiger partial charge in [-0.15, -0.1) is 0 Å². The SMILES string of the molecule is CC(C)c1ccc2[nH]c(=O)n(C3CCN(C(=O)OC(C)(C)C)CC3)c2c1. The number of imidazole rings is 1. The molecule has 0 spiro atoms. The number of aromatic amines is 1. The van der Waals surface area contributed by atoms with Crippen LogP contribution < -0.4 is 5.69 Å². The molecular weight excluding hydrogens is 330 g/mol. The first kappa shape index (κ1) is 18.5. The number of likely N-dealkylation sites (tertiary alicyclic amines) is 1. The molecule has 1 amide bonds. The average Bonchev–Trinajstić information content (AvgIpc) is 2.88. The maximum atomic E-state index is 12.5. The van der Waals surface area contributed by atoms with Crippen molar-refractivity contribution in [2.24, 2.45) is 0 Å². The fraction of sp³-hybridized carbons (Fsp3) is 0.600. The van der Waals surface area contributed by atoms with Crippen LogP contribution in [0.3, 0.4) is 0 Å². The van der Waals surface area contributed by atoms with Gasteiger partial charge in [0.2, 0.25) is 0 Å². The van der Waals surface area contributed by atoms with E-state index in [1.807, 2.05) is 31.4 Å². The Bertz CT molecular complexity index is 849. The molecule has 0 unspecified atom stereocenters. The number of H-pyrrole nitrogens is 1. The zero-order valence-electron chi connectivity index (χ0n) is 16.3. The summed E-state index contributed by atoms with van der Waals surface area (Å²) < 4.78 is 7.32. The van der Waals surface area contributed by atoms with Crippen molar-refractivity contribution in [1.29, 1.82) is 0 Å². The van der Waals surface area contributed by atoms with Gasteiger partial charge >= 0.3 is 11.8 Å². The lowest BCUT2D eigenvalue weighted by Gasteiger charge is -2.33. The summed E-state index contributed by atoms with van der Waals surface area (Å²) in [5, 5.41) is 0. The maximum Gasteiger partial charge on any atom is 0.410 e. The van der Waals surface area contributed by atoms with Crippen LogP contribution in [0.15, 0.2) is 23.0 Å². The summed E-state index contributed by atoms with van der Waals surface area (Å²) in [6.45, 7) is 11.1. The van der Waals surface area contributed by atoms with Crippen molar-refractivity contribution in [1.82, 2.24) is 14.5 Å². The van der Waals surface area contributed by atoms with Crippen LogP contribution in [0, 0.1) is 0 Å². The van der Waals surface area contributed by atoms with Crippen LogP contribution in [-0.2, 0) is 4.74 Å². The monoisotopic (exact) mass is 359 g/mol. The quantitative estimate of drug-likeness (QED) is 0.880. The largest absolute Gasteiger partial charge is 0.444 e. The number of ether oxygens (including phenoxy) is 1. The highest BCUT2D eigenvalue weighted by molar-refractivity contribution is 5.76. The highest BCUT2D eigenvalue weighted by Gasteiger charge is 2.29. The molecule has 0 bridgehead atoms. The van der Waals surface area contributed by atoms with Crippen molar-refractivity contribution in [3.05, 3.63) is 34.2 Å². The zero-order chi connectivity index (χ0) is 19.1. The van der Waals surface area contributed by atoms with Gasteiger partial charge in [-0.05, 0) is 57.2 Å². The van der Waals surface area contributed by atoms with Crippen LogP contribution in [0.5, 0.6) is 0 Å². The average molecular weight is 359 g/mol. The molecule has 1 aromatic carbocycles. The minimum Gasteiger partial charge on any atom is -0.444 e. The van der Waals surface area contributed by atoms with Gasteiger partial charge in [-0.2, -0.15) is 0 Å². The molecule has 26 heavy (non-hydrogen) atoms. The van der Waals surface area contributed by atoms with Gasteiger partial charge < -0.3 is 14.6 Å². The van der Waals surface area contributed by atoms with Crippen LogP contribution in [0.4, 0.5) is 4.79 Å². The number of hydrogen-bond donors (Lipinski definition) is 1. The van der Waals surface area contributed by atoms with E-state index in [1.54, 1.807) is 4.90 Å². The van der Waals surface area contributed by atoms with E-state index in [1.165, 1.54) is 5.56 Å². The Morgan fingerprint density at radius 2 is 1.88 bits per heavy atom.